The van der Waals surface area contributed by atoms with E-state index in [1.54, 1.807) is 6.92 Å². The molecule has 0 saturated carbocycles. The number of aromatic nitrogens is 2. The van der Waals surface area contributed by atoms with E-state index in [1.165, 1.54) is 6.92 Å². The van der Waals surface area contributed by atoms with E-state index in [-0.39, 0.29) is 22.5 Å². The third-order valence-corrected chi connectivity index (χ3v) is 4.63. The van der Waals surface area contributed by atoms with Crippen LogP contribution in [0.15, 0.2) is 28.0 Å². The molecule has 0 atom stereocenters. The number of benzene rings is 1. The monoisotopic (exact) mass is 345 g/mol. The first-order valence-electron chi connectivity index (χ1n) is 7.40. The largest absolute Gasteiger partial charge is 0.346 e. The van der Waals surface area contributed by atoms with Crippen LogP contribution in [0.1, 0.15) is 34.1 Å². The summed E-state index contributed by atoms with van der Waals surface area (Å²) in [6.07, 6.45) is 0. The van der Waals surface area contributed by atoms with Crippen molar-refractivity contribution in [2.75, 3.05) is 11.1 Å². The van der Waals surface area contributed by atoms with Gasteiger partial charge in [-0.15, -0.1) is 0 Å². The van der Waals surface area contributed by atoms with Gasteiger partial charge in [-0.25, -0.2) is 4.79 Å². The van der Waals surface area contributed by atoms with Crippen molar-refractivity contribution in [2.45, 2.75) is 32.7 Å². The molecule has 6 nitrogen and oxygen atoms in total. The lowest BCUT2D eigenvalue weighted by Gasteiger charge is -2.11. The van der Waals surface area contributed by atoms with Crippen LogP contribution in [0.5, 0.6) is 0 Å². The third kappa shape index (κ3) is 4.11. The minimum absolute atomic E-state index is 0.0591. The molecule has 0 unspecified atom stereocenters. The minimum Gasteiger partial charge on any atom is -0.325 e. The quantitative estimate of drug-likeness (QED) is 0.494. The molecule has 1 amide bonds. The summed E-state index contributed by atoms with van der Waals surface area (Å²) in [5.74, 6) is -0.361. The number of ketones is 1. The Labute approximate surface area is 144 Å². The zero-order valence-corrected chi connectivity index (χ0v) is 14.8. The first kappa shape index (κ1) is 17.9. The number of nitrogens with zero attached hydrogens (tertiary/aromatic N) is 1. The smallest absolute Gasteiger partial charge is 0.325 e. The summed E-state index contributed by atoms with van der Waals surface area (Å²) in [7, 11) is 0. The van der Waals surface area contributed by atoms with Crippen molar-refractivity contribution in [3.05, 3.63) is 51.1 Å². The van der Waals surface area contributed by atoms with E-state index in [4.69, 9.17) is 0 Å². The Kier molecular flexibility index (Phi) is 5.56. The average molecular weight is 345 g/mol. The van der Waals surface area contributed by atoms with Gasteiger partial charge in [-0.1, -0.05) is 23.9 Å². The number of thioether (sulfide) groups is 1. The summed E-state index contributed by atoms with van der Waals surface area (Å²) < 4.78 is 0. The number of Topliss-reactive ketones (excluding diaryl/α,β-unsaturated/α-hetero) is 1. The first-order valence-corrected chi connectivity index (χ1v) is 8.39. The van der Waals surface area contributed by atoms with E-state index in [1.807, 2.05) is 32.0 Å². The van der Waals surface area contributed by atoms with E-state index in [2.05, 4.69) is 15.3 Å². The fourth-order valence-electron chi connectivity index (χ4n) is 2.29. The molecule has 7 heteroatoms. The van der Waals surface area contributed by atoms with Gasteiger partial charge in [0, 0.05) is 11.4 Å². The van der Waals surface area contributed by atoms with Crippen molar-refractivity contribution >= 4 is 29.1 Å². The van der Waals surface area contributed by atoms with Crippen LogP contribution < -0.4 is 11.0 Å². The summed E-state index contributed by atoms with van der Waals surface area (Å²) in [5.41, 5.74) is 3.12. The van der Waals surface area contributed by atoms with E-state index in [0.717, 1.165) is 28.6 Å². The molecule has 24 heavy (non-hydrogen) atoms. The lowest BCUT2D eigenvalue weighted by molar-refractivity contribution is -0.113. The molecule has 126 valence electrons. The normalized spacial score (nSPS) is 10.5. The molecule has 1 heterocycles. The van der Waals surface area contributed by atoms with Gasteiger partial charge in [-0.3, -0.25) is 9.59 Å². The molecular formula is C17H19N3O3S. The highest BCUT2D eigenvalue weighted by Gasteiger charge is 2.16. The second-order valence-corrected chi connectivity index (χ2v) is 6.45. The summed E-state index contributed by atoms with van der Waals surface area (Å²) in [5, 5.41) is 3.12. The Hall–Kier alpha value is -2.41. The van der Waals surface area contributed by atoms with Gasteiger partial charge in [0.05, 0.1) is 11.3 Å². The first-order chi connectivity index (χ1) is 11.3. The van der Waals surface area contributed by atoms with E-state index >= 15 is 0 Å². The highest BCUT2D eigenvalue weighted by Crippen LogP contribution is 2.22. The third-order valence-electron chi connectivity index (χ3n) is 3.66. The van der Waals surface area contributed by atoms with Crippen molar-refractivity contribution in [1.82, 2.24) is 9.97 Å². The highest BCUT2D eigenvalue weighted by atomic mass is 32.2. The molecular weight excluding hydrogens is 326 g/mol. The van der Waals surface area contributed by atoms with Crippen LogP contribution in [0.3, 0.4) is 0 Å². The highest BCUT2D eigenvalue weighted by molar-refractivity contribution is 8.00. The number of rotatable bonds is 5. The topological polar surface area (TPSA) is 91.9 Å². The van der Waals surface area contributed by atoms with E-state index in [0.29, 0.717) is 11.3 Å². The number of amides is 1. The number of anilines is 1. The fraction of sp³-hybridized carbons (Fsp3) is 0.294. The molecule has 1 aromatic carbocycles. The summed E-state index contributed by atoms with van der Waals surface area (Å²) in [6.45, 7) is 6.96. The second kappa shape index (κ2) is 7.44. The molecule has 2 aromatic rings. The van der Waals surface area contributed by atoms with Crippen LogP contribution in [0, 0.1) is 20.8 Å². The molecule has 2 N–H and O–H groups in total. The Morgan fingerprint density at radius 1 is 1.25 bits per heavy atom. The minimum atomic E-state index is -0.532. The molecule has 0 fully saturated rings. The number of carbonyl (C=O) groups is 2. The molecule has 0 aliphatic heterocycles. The van der Waals surface area contributed by atoms with Gasteiger partial charge >= 0.3 is 5.69 Å². The summed E-state index contributed by atoms with van der Waals surface area (Å²) in [6, 6.07) is 5.68. The van der Waals surface area contributed by atoms with Gasteiger partial charge in [-0.05, 0) is 44.9 Å². The fourth-order valence-corrected chi connectivity index (χ4v) is 3.21. The Morgan fingerprint density at radius 3 is 2.62 bits per heavy atom. The molecule has 0 aliphatic carbocycles. The number of nitrogens with one attached hydrogen (secondary N) is 2. The van der Waals surface area contributed by atoms with Crippen LogP contribution >= 0.6 is 11.8 Å². The molecule has 0 radical (unpaired) electrons. The maximum absolute atomic E-state index is 12.2. The zero-order valence-electron chi connectivity index (χ0n) is 14.0. The maximum atomic E-state index is 12.2. The Morgan fingerprint density at radius 2 is 1.96 bits per heavy atom. The van der Waals surface area contributed by atoms with Crippen molar-refractivity contribution in [2.24, 2.45) is 0 Å². The van der Waals surface area contributed by atoms with Crippen LogP contribution in [0.2, 0.25) is 0 Å². The van der Waals surface area contributed by atoms with Crippen LogP contribution in [-0.4, -0.2) is 27.4 Å². The number of H-pyrrole nitrogens is 1. The number of aryl methyl sites for hydroxylation is 2. The van der Waals surface area contributed by atoms with Crippen LogP contribution in [0.25, 0.3) is 0 Å². The average Bonchev–Trinajstić information content (AvgIpc) is 2.48. The predicted molar refractivity (Wildman–Crippen MR) is 94.9 cm³/mol. The van der Waals surface area contributed by atoms with E-state index in [9.17, 15) is 14.4 Å². The van der Waals surface area contributed by atoms with Crippen molar-refractivity contribution in [3.63, 3.8) is 0 Å². The van der Waals surface area contributed by atoms with Gasteiger partial charge in [0.15, 0.2) is 5.78 Å². The van der Waals surface area contributed by atoms with Crippen molar-refractivity contribution < 1.29 is 9.59 Å². The number of carbonyl (C=O) groups excluding carboxylic acids is 2. The number of hydrogen-bond donors (Lipinski definition) is 2. The van der Waals surface area contributed by atoms with Crippen molar-refractivity contribution in [1.29, 1.82) is 0 Å². The number of hydrogen-bond acceptors (Lipinski definition) is 5. The van der Waals surface area contributed by atoms with Crippen molar-refractivity contribution in [3.8, 4) is 0 Å². The summed E-state index contributed by atoms with van der Waals surface area (Å²) >= 11 is 1.08. The molecule has 0 bridgehead atoms. The zero-order chi connectivity index (χ0) is 17.9. The second-order valence-electron chi connectivity index (χ2n) is 5.49. The Bertz CT molecular complexity index is 859. The SMILES string of the molecule is CC(=O)c1c(SCC(=O)Nc2cccc(C)c2C)nc(=O)[nH]c1C. The Balaban J connectivity index is 2.14. The van der Waals surface area contributed by atoms with Gasteiger partial charge in [0.1, 0.15) is 5.03 Å². The molecule has 0 saturated heterocycles. The van der Waals surface area contributed by atoms with Gasteiger partial charge in [-0.2, -0.15) is 4.98 Å². The molecule has 0 spiro atoms. The van der Waals surface area contributed by atoms with Gasteiger partial charge in [0.25, 0.3) is 0 Å². The molecule has 1 aromatic heterocycles. The maximum Gasteiger partial charge on any atom is 0.346 e. The molecule has 2 rings (SSSR count). The molecule has 0 aliphatic rings. The van der Waals surface area contributed by atoms with Crippen LogP contribution in [-0.2, 0) is 4.79 Å². The standard InChI is InChI=1S/C17H19N3O3S/c1-9-6-5-7-13(10(9)2)19-14(22)8-24-16-15(12(4)21)11(3)18-17(23)20-16/h5-7H,8H2,1-4H3,(H,19,22)(H,18,20,23). The predicted octanol–water partition coefficient (Wildman–Crippen LogP) is 2.63. The number of aromatic amines is 1. The van der Waals surface area contributed by atoms with Gasteiger partial charge < -0.3 is 10.3 Å². The van der Waals surface area contributed by atoms with Crippen LogP contribution in [0.4, 0.5) is 5.69 Å². The lowest BCUT2D eigenvalue weighted by Crippen LogP contribution is -2.19. The van der Waals surface area contributed by atoms with E-state index < -0.39 is 5.69 Å². The van der Waals surface area contributed by atoms with Gasteiger partial charge in [0.2, 0.25) is 5.91 Å². The summed E-state index contributed by atoms with van der Waals surface area (Å²) in [4.78, 5) is 41.7. The lowest BCUT2D eigenvalue weighted by atomic mass is 10.1.